The second kappa shape index (κ2) is 31.3. The van der Waals surface area contributed by atoms with Crippen molar-refractivity contribution in [1.82, 2.24) is 19.9 Å². The third-order valence-corrected chi connectivity index (χ3v) is 25.7. The Balaban J connectivity index is 0.887. The zero-order valence-corrected chi connectivity index (χ0v) is 63.1. The van der Waals surface area contributed by atoms with Gasteiger partial charge in [-0.15, -0.1) is 0 Å². The van der Waals surface area contributed by atoms with Gasteiger partial charge in [0.15, 0.2) is 0 Å². The molecular weight excluding hydrogens is 1480 g/mol. The van der Waals surface area contributed by atoms with E-state index in [4.69, 9.17) is 46.2 Å². The van der Waals surface area contributed by atoms with E-state index in [0.29, 0.717) is 157 Å². The summed E-state index contributed by atoms with van der Waals surface area (Å²) in [6, 6.07) is 108. The van der Waals surface area contributed by atoms with Crippen LogP contribution in [0.4, 0.5) is 0 Å². The minimum absolute atomic E-state index is 0.293. The summed E-state index contributed by atoms with van der Waals surface area (Å²) in [6.45, 7) is 0. The Morgan fingerprint density at radius 3 is 0.491 bits per heavy atom. The molecule has 546 valence electrons. The van der Waals surface area contributed by atoms with Gasteiger partial charge in [-0.1, -0.05) is 194 Å². The van der Waals surface area contributed by atoms with Gasteiger partial charge in [-0.05, 0) is 216 Å². The first-order chi connectivity index (χ1) is 54.8. The van der Waals surface area contributed by atoms with Crippen LogP contribution in [-0.4, -0.2) is 19.9 Å². The van der Waals surface area contributed by atoms with E-state index in [-0.39, 0.29) is 0 Å². The summed E-state index contributed by atoms with van der Waals surface area (Å²) in [5.74, 6) is 2.86. The minimum Gasteiger partial charge on any atom is -0.413 e. The summed E-state index contributed by atoms with van der Waals surface area (Å²) < 4.78 is 112. The maximum absolute atomic E-state index is 15.4. The van der Waals surface area contributed by atoms with E-state index in [1.165, 1.54) is 0 Å². The molecule has 16 nitrogen and oxygen atoms in total. The predicted molar refractivity (Wildman–Crippen MR) is 446 cm³/mol. The lowest BCUT2D eigenvalue weighted by molar-refractivity contribution is 0.398. The first kappa shape index (κ1) is 71.5. The van der Waals surface area contributed by atoms with Crippen LogP contribution in [0.3, 0.4) is 0 Å². The van der Waals surface area contributed by atoms with Crippen molar-refractivity contribution in [1.29, 1.82) is 0 Å². The summed E-state index contributed by atoms with van der Waals surface area (Å²) in [5.41, 5.74) is 10.1. The highest BCUT2D eigenvalue weighted by atomic mass is 31.2. The molecule has 2 aliphatic heterocycles. The number of nitrogens with one attached hydrogen (secondary N) is 2. The highest BCUT2D eigenvalue weighted by molar-refractivity contribution is 7.64. The molecule has 20 heteroatoms. The molecular formula is C92H66N4O12P4. The van der Waals surface area contributed by atoms with Crippen molar-refractivity contribution >= 4 is 98.0 Å². The molecule has 2 aliphatic rings. The lowest BCUT2D eigenvalue weighted by atomic mass is 10.0. The van der Waals surface area contributed by atoms with Gasteiger partial charge in [-0.3, -0.25) is 0 Å². The smallest absolute Gasteiger partial charge is 0.413 e. The Kier molecular flexibility index (Phi) is 20.0. The number of benzene rings is 12. The second-order valence-corrected chi connectivity index (χ2v) is 33.4. The Labute approximate surface area is 645 Å². The molecule has 0 unspecified atom stereocenters. The van der Waals surface area contributed by atoms with Gasteiger partial charge in [0.1, 0.15) is 46.0 Å². The fraction of sp³-hybridized carbons (Fsp3) is 0. The molecule has 3 aromatic heterocycles. The maximum Gasteiger partial charge on any atom is 0.462 e. The number of hydrogen-bond donors (Lipinski definition) is 2. The van der Waals surface area contributed by atoms with Crippen molar-refractivity contribution < 1.29 is 54.5 Å². The molecule has 0 fully saturated rings. The van der Waals surface area contributed by atoms with Crippen LogP contribution in [-0.2, 0) is 18.3 Å². The molecule has 15 aromatic rings. The van der Waals surface area contributed by atoms with E-state index < -0.39 is 30.4 Å². The first-order valence-corrected chi connectivity index (χ1v) is 42.0. The molecule has 8 bridgehead atoms. The van der Waals surface area contributed by atoms with Crippen molar-refractivity contribution in [3.05, 3.63) is 387 Å². The zero-order valence-electron chi connectivity index (χ0n) is 59.5. The van der Waals surface area contributed by atoms with Crippen LogP contribution in [0.1, 0.15) is 22.8 Å². The molecule has 0 aliphatic carbocycles. The van der Waals surface area contributed by atoms with Crippen LogP contribution in [0.2, 0.25) is 0 Å². The van der Waals surface area contributed by atoms with Gasteiger partial charge in [0.25, 0.3) is 0 Å². The van der Waals surface area contributed by atoms with Crippen molar-refractivity contribution in [2.75, 3.05) is 0 Å². The van der Waals surface area contributed by atoms with E-state index in [1.807, 2.05) is 146 Å². The van der Waals surface area contributed by atoms with Crippen molar-refractivity contribution in [3.8, 4) is 90.5 Å². The highest BCUT2D eigenvalue weighted by Crippen LogP contribution is 2.53. The molecule has 0 atom stereocenters. The fourth-order valence-electron chi connectivity index (χ4n) is 13.1. The van der Waals surface area contributed by atoms with Gasteiger partial charge in [0, 0.05) is 44.3 Å². The van der Waals surface area contributed by atoms with Gasteiger partial charge in [-0.25, -0.2) is 28.2 Å². The molecule has 5 heterocycles. The molecule has 112 heavy (non-hydrogen) atoms. The van der Waals surface area contributed by atoms with E-state index in [2.05, 4.69) is 9.97 Å². The van der Waals surface area contributed by atoms with Crippen LogP contribution >= 0.6 is 30.4 Å². The topological polar surface area (TPSA) is 199 Å². The Hall–Kier alpha value is -13.4. The van der Waals surface area contributed by atoms with E-state index >= 15 is 18.3 Å². The van der Waals surface area contributed by atoms with Crippen LogP contribution in [0.5, 0.6) is 46.0 Å². The molecule has 0 saturated carbocycles. The predicted octanol–water partition coefficient (Wildman–Crippen LogP) is 23.2. The molecule has 0 amide bonds. The minimum atomic E-state index is -4.15. The third kappa shape index (κ3) is 15.5. The number of aromatic amines is 2. The van der Waals surface area contributed by atoms with Gasteiger partial charge >= 0.3 is 30.4 Å². The van der Waals surface area contributed by atoms with Gasteiger partial charge in [0.2, 0.25) is 0 Å². The Morgan fingerprint density at radius 2 is 0.339 bits per heavy atom. The Bertz CT molecular complexity index is 5400. The van der Waals surface area contributed by atoms with E-state index in [1.54, 1.807) is 243 Å². The normalized spacial score (nSPS) is 12.0. The number of H-pyrrole nitrogens is 2. The molecule has 12 aromatic carbocycles. The average Bonchev–Trinajstić information content (AvgIpc) is 1.60. The van der Waals surface area contributed by atoms with Gasteiger partial charge < -0.3 is 46.2 Å². The lowest BCUT2D eigenvalue weighted by Gasteiger charge is -2.20. The third-order valence-electron chi connectivity index (χ3n) is 18.4. The summed E-state index contributed by atoms with van der Waals surface area (Å²) >= 11 is 0. The monoisotopic (exact) mass is 1540 g/mol. The van der Waals surface area contributed by atoms with E-state index in [9.17, 15) is 0 Å². The standard InChI is InChI=1S/C92H66N4O12P4/c97-109(101-69-25-9-1-10-26-69,102-70-27-11-2-12-28-70)77-49-41-65(42-50-77)89-81-57-59-83(93-81)90(66-43-51-78(52-44-66)110(98,103-71-29-13-3-14-30-71)104-72-31-15-4-16-32-72)85-61-63-87(95-85)92(68-47-55-80(56-48-68)112(100,107-75-37-21-7-22-38-75)108-76-39-23-8-24-40-76)88-64-62-86(96-88)91(84-60-58-82(89)94-84)67-45-53-79(54-46-67)111(99,105-73-33-17-5-18-34-73)106-74-35-19-6-20-36-74/h1-64,93,96H. The summed E-state index contributed by atoms with van der Waals surface area (Å²) in [6.07, 6.45) is 7.81. The zero-order chi connectivity index (χ0) is 75.9. The van der Waals surface area contributed by atoms with Gasteiger partial charge in [-0.2, -0.15) is 0 Å². The Morgan fingerprint density at radius 1 is 0.188 bits per heavy atom. The number of aromatic nitrogens is 4. The maximum atomic E-state index is 15.4. The van der Waals surface area contributed by atoms with Crippen LogP contribution < -0.4 is 57.4 Å². The number of hydrogen-bond acceptors (Lipinski definition) is 14. The first-order valence-electron chi connectivity index (χ1n) is 35.8. The molecule has 2 N–H and O–H groups in total. The van der Waals surface area contributed by atoms with Crippen molar-refractivity contribution in [2.45, 2.75) is 0 Å². The van der Waals surface area contributed by atoms with Crippen LogP contribution in [0.15, 0.2) is 364 Å². The van der Waals surface area contributed by atoms with Crippen molar-refractivity contribution in [3.63, 3.8) is 0 Å². The van der Waals surface area contributed by atoms with Gasteiger partial charge in [0.05, 0.1) is 44.0 Å². The van der Waals surface area contributed by atoms with Crippen LogP contribution in [0, 0.1) is 0 Å². The summed E-state index contributed by atoms with van der Waals surface area (Å²) in [5, 5.41) is 1.17. The second-order valence-electron chi connectivity index (χ2n) is 25.9. The van der Waals surface area contributed by atoms with Crippen molar-refractivity contribution in [2.24, 2.45) is 0 Å². The highest BCUT2D eigenvalue weighted by Gasteiger charge is 2.36. The molecule has 0 radical (unpaired) electrons. The fourth-order valence-corrected chi connectivity index (χ4v) is 19.4. The molecule has 0 spiro atoms. The largest absolute Gasteiger partial charge is 0.462 e. The number of rotatable bonds is 24. The SMILES string of the molecule is O=P(Oc1ccccc1)(Oc1ccccc1)c1ccc(-c2c3nc(c(-c4ccc(P(=O)(Oc5ccccc5)Oc5ccccc5)cc4)c4ccc([nH]4)c(-c4ccc(P(=O)(Oc5ccccc5)Oc5ccccc5)cc4)c4nc(c(-c5ccc(P(=O)(Oc6ccccc6)Oc6ccccc6)cc5)c5ccc2[nH]5)C=C4)C=C3)cc1. The van der Waals surface area contributed by atoms with Crippen LogP contribution in [0.25, 0.3) is 90.9 Å². The summed E-state index contributed by atoms with van der Waals surface area (Å²) in [7, 11) is -16.6. The number of fused-ring (bicyclic) bond motifs is 8. The lowest BCUT2D eigenvalue weighted by Crippen LogP contribution is -2.14. The quantitative estimate of drug-likeness (QED) is 0.0541. The molecule has 0 saturated heterocycles. The molecule has 17 rings (SSSR count). The average molecular weight is 1540 g/mol. The summed E-state index contributed by atoms with van der Waals surface area (Å²) in [4.78, 5) is 18.8. The van der Waals surface area contributed by atoms with E-state index in [0.717, 1.165) is 0 Å². The number of para-hydroxylation sites is 8. The number of nitrogens with zero attached hydrogens (tertiary/aromatic N) is 2.